The molecule has 0 aliphatic heterocycles. The van der Waals surface area contributed by atoms with Crippen molar-refractivity contribution < 1.29 is 14.3 Å². The van der Waals surface area contributed by atoms with E-state index in [0.29, 0.717) is 13.0 Å². The van der Waals surface area contributed by atoms with Crippen LogP contribution in [0.15, 0.2) is 24.3 Å². The van der Waals surface area contributed by atoms with Crippen molar-refractivity contribution in [3.8, 4) is 0 Å². The van der Waals surface area contributed by atoms with E-state index in [2.05, 4.69) is 5.32 Å². The van der Waals surface area contributed by atoms with Crippen molar-refractivity contribution >= 4 is 23.6 Å². The van der Waals surface area contributed by atoms with E-state index in [1.807, 2.05) is 6.92 Å². The monoisotopic (exact) mass is 299 g/mol. The number of hydrogen-bond donors (Lipinski definition) is 2. The van der Waals surface area contributed by atoms with Crippen LogP contribution in [0, 0.1) is 11.7 Å². The van der Waals surface area contributed by atoms with Crippen LogP contribution in [-0.4, -0.2) is 24.2 Å². The van der Waals surface area contributed by atoms with Crippen molar-refractivity contribution in [1.82, 2.24) is 5.32 Å². The van der Waals surface area contributed by atoms with Gasteiger partial charge in [-0.25, -0.2) is 4.39 Å². The molecule has 0 radical (unpaired) electrons. The number of carbonyl (C=O) groups is 1. The summed E-state index contributed by atoms with van der Waals surface area (Å²) < 4.78 is 13.5. The van der Waals surface area contributed by atoms with Gasteiger partial charge in [-0.2, -0.15) is 0 Å². The standard InChI is InChI=1S/C15H19ClFNO2/c1-2-11(8-9-19)10-18-15(20)7-6-12-13(16)4-3-5-14(12)17/h3-7,11,19H,2,8-10H2,1H3,(H,18,20)/b7-6+. The first-order valence-electron chi connectivity index (χ1n) is 6.59. The lowest BCUT2D eigenvalue weighted by atomic mass is 10.0. The van der Waals surface area contributed by atoms with E-state index >= 15 is 0 Å². The molecular weight excluding hydrogens is 281 g/mol. The molecule has 2 N–H and O–H groups in total. The molecule has 0 saturated heterocycles. The third-order valence-corrected chi connectivity index (χ3v) is 3.41. The lowest BCUT2D eigenvalue weighted by molar-refractivity contribution is -0.116. The summed E-state index contributed by atoms with van der Waals surface area (Å²) in [6.07, 6.45) is 4.15. The van der Waals surface area contributed by atoms with Crippen LogP contribution in [0.2, 0.25) is 5.02 Å². The highest BCUT2D eigenvalue weighted by Crippen LogP contribution is 2.20. The number of amides is 1. The van der Waals surface area contributed by atoms with E-state index in [0.717, 1.165) is 6.42 Å². The molecule has 0 aliphatic carbocycles. The summed E-state index contributed by atoms with van der Waals surface area (Å²) in [6, 6.07) is 4.37. The quantitative estimate of drug-likeness (QED) is 0.760. The van der Waals surface area contributed by atoms with Crippen LogP contribution in [-0.2, 0) is 4.79 Å². The van der Waals surface area contributed by atoms with Crippen LogP contribution < -0.4 is 5.32 Å². The number of aliphatic hydroxyl groups excluding tert-OH is 1. The van der Waals surface area contributed by atoms with Gasteiger partial charge in [-0.15, -0.1) is 0 Å². The summed E-state index contributed by atoms with van der Waals surface area (Å²) in [5, 5.41) is 11.9. The molecule has 110 valence electrons. The Morgan fingerprint density at radius 2 is 2.30 bits per heavy atom. The number of halogens is 2. The van der Waals surface area contributed by atoms with Crippen LogP contribution in [0.4, 0.5) is 4.39 Å². The lowest BCUT2D eigenvalue weighted by Gasteiger charge is -2.13. The second kappa shape index (κ2) is 8.72. The predicted octanol–water partition coefficient (Wildman–Crippen LogP) is 3.02. The van der Waals surface area contributed by atoms with Gasteiger partial charge in [0, 0.05) is 24.8 Å². The van der Waals surface area contributed by atoms with Gasteiger partial charge in [-0.05, 0) is 30.5 Å². The Kier molecular flexibility index (Phi) is 7.26. The normalized spacial score (nSPS) is 12.6. The van der Waals surface area contributed by atoms with Crippen molar-refractivity contribution in [1.29, 1.82) is 0 Å². The molecule has 0 bridgehead atoms. The smallest absolute Gasteiger partial charge is 0.244 e. The van der Waals surface area contributed by atoms with Crippen LogP contribution in [0.5, 0.6) is 0 Å². The highest BCUT2D eigenvalue weighted by molar-refractivity contribution is 6.32. The molecule has 1 aromatic carbocycles. The van der Waals surface area contributed by atoms with Gasteiger partial charge in [-0.3, -0.25) is 4.79 Å². The Labute approximate surface area is 123 Å². The molecule has 0 saturated carbocycles. The molecule has 0 aromatic heterocycles. The zero-order valence-corrected chi connectivity index (χ0v) is 12.2. The zero-order chi connectivity index (χ0) is 15.0. The third kappa shape index (κ3) is 5.31. The lowest BCUT2D eigenvalue weighted by Crippen LogP contribution is -2.28. The van der Waals surface area contributed by atoms with Gasteiger partial charge in [0.25, 0.3) is 0 Å². The molecule has 20 heavy (non-hydrogen) atoms. The number of benzene rings is 1. The average Bonchev–Trinajstić information content (AvgIpc) is 2.42. The van der Waals surface area contributed by atoms with Crippen molar-refractivity contribution in [2.75, 3.05) is 13.2 Å². The Hall–Kier alpha value is -1.39. The van der Waals surface area contributed by atoms with Gasteiger partial charge in [0.15, 0.2) is 0 Å². The number of rotatable bonds is 7. The number of nitrogens with one attached hydrogen (secondary N) is 1. The van der Waals surface area contributed by atoms with E-state index in [1.165, 1.54) is 24.3 Å². The minimum Gasteiger partial charge on any atom is -0.396 e. The van der Waals surface area contributed by atoms with E-state index in [4.69, 9.17) is 16.7 Å². The highest BCUT2D eigenvalue weighted by atomic mass is 35.5. The second-order valence-electron chi connectivity index (χ2n) is 4.50. The maximum atomic E-state index is 13.5. The summed E-state index contributed by atoms with van der Waals surface area (Å²) in [6.45, 7) is 2.60. The molecule has 0 aliphatic rings. The van der Waals surface area contributed by atoms with Gasteiger partial charge in [0.05, 0.1) is 5.02 Å². The Bertz CT molecular complexity index is 457. The zero-order valence-electron chi connectivity index (χ0n) is 11.4. The topological polar surface area (TPSA) is 49.3 Å². The van der Waals surface area contributed by atoms with Gasteiger partial charge in [0.1, 0.15) is 5.82 Å². The molecule has 5 heteroatoms. The van der Waals surface area contributed by atoms with Crippen LogP contribution in [0.25, 0.3) is 6.08 Å². The van der Waals surface area contributed by atoms with Crippen molar-refractivity contribution in [3.05, 3.63) is 40.7 Å². The van der Waals surface area contributed by atoms with E-state index in [9.17, 15) is 9.18 Å². The summed E-state index contributed by atoms with van der Waals surface area (Å²) in [4.78, 5) is 11.6. The number of hydrogen-bond acceptors (Lipinski definition) is 2. The molecule has 1 rings (SSSR count). The van der Waals surface area contributed by atoms with Gasteiger partial charge in [-0.1, -0.05) is 31.0 Å². The van der Waals surface area contributed by atoms with Gasteiger partial charge < -0.3 is 10.4 Å². The number of carbonyl (C=O) groups excluding carboxylic acids is 1. The summed E-state index contributed by atoms with van der Waals surface area (Å²) >= 11 is 5.85. The van der Waals surface area contributed by atoms with Crippen molar-refractivity contribution in [2.24, 2.45) is 5.92 Å². The third-order valence-electron chi connectivity index (χ3n) is 3.08. The molecule has 1 unspecified atom stereocenters. The number of aliphatic hydroxyl groups is 1. The fourth-order valence-electron chi connectivity index (χ4n) is 1.77. The maximum Gasteiger partial charge on any atom is 0.244 e. The summed E-state index contributed by atoms with van der Waals surface area (Å²) in [5.74, 6) is -0.525. The summed E-state index contributed by atoms with van der Waals surface area (Å²) in [7, 11) is 0. The van der Waals surface area contributed by atoms with E-state index in [1.54, 1.807) is 6.07 Å². The second-order valence-corrected chi connectivity index (χ2v) is 4.91. The molecule has 1 amide bonds. The maximum absolute atomic E-state index is 13.5. The van der Waals surface area contributed by atoms with E-state index < -0.39 is 5.82 Å². The molecule has 3 nitrogen and oxygen atoms in total. The average molecular weight is 300 g/mol. The van der Waals surface area contributed by atoms with Crippen LogP contribution >= 0.6 is 11.6 Å². The first kappa shape index (κ1) is 16.7. The molecule has 0 spiro atoms. The predicted molar refractivity (Wildman–Crippen MR) is 78.9 cm³/mol. The van der Waals surface area contributed by atoms with Crippen molar-refractivity contribution in [3.63, 3.8) is 0 Å². The molecule has 1 atom stereocenters. The molecule has 0 heterocycles. The van der Waals surface area contributed by atoms with E-state index in [-0.39, 0.29) is 29.0 Å². The molecule has 0 fully saturated rings. The molecular formula is C15H19ClFNO2. The molecule has 1 aromatic rings. The largest absolute Gasteiger partial charge is 0.396 e. The Morgan fingerprint density at radius 3 is 2.90 bits per heavy atom. The minimum atomic E-state index is -0.465. The summed E-state index contributed by atoms with van der Waals surface area (Å²) in [5.41, 5.74) is 0.201. The first-order valence-corrected chi connectivity index (χ1v) is 6.97. The Balaban J connectivity index is 2.56. The van der Waals surface area contributed by atoms with Crippen LogP contribution in [0.1, 0.15) is 25.3 Å². The highest BCUT2D eigenvalue weighted by Gasteiger charge is 2.07. The first-order chi connectivity index (χ1) is 9.58. The minimum absolute atomic E-state index is 0.106. The van der Waals surface area contributed by atoms with Crippen LogP contribution in [0.3, 0.4) is 0 Å². The van der Waals surface area contributed by atoms with Gasteiger partial charge in [0.2, 0.25) is 5.91 Å². The van der Waals surface area contributed by atoms with Crippen molar-refractivity contribution in [2.45, 2.75) is 19.8 Å². The SMILES string of the molecule is CCC(CCO)CNC(=O)/C=C/c1c(F)cccc1Cl. The fourth-order valence-corrected chi connectivity index (χ4v) is 1.99. The fraction of sp³-hybridized carbons (Fsp3) is 0.400. The Morgan fingerprint density at radius 1 is 1.55 bits per heavy atom. The van der Waals surface area contributed by atoms with Gasteiger partial charge >= 0.3 is 0 Å².